The van der Waals surface area contributed by atoms with Crippen molar-refractivity contribution in [3.63, 3.8) is 0 Å². The van der Waals surface area contributed by atoms with Crippen LogP contribution in [0, 0.1) is 11.6 Å². The highest BCUT2D eigenvalue weighted by atomic mass is 19.1. The second-order valence-corrected chi connectivity index (χ2v) is 3.47. The van der Waals surface area contributed by atoms with Gasteiger partial charge in [0.05, 0.1) is 11.9 Å². The zero-order chi connectivity index (χ0) is 12.3. The number of anilines is 1. The molecule has 3 nitrogen and oxygen atoms in total. The van der Waals surface area contributed by atoms with Gasteiger partial charge in [-0.1, -0.05) is 12.1 Å². The van der Waals surface area contributed by atoms with Crippen molar-refractivity contribution >= 4 is 5.69 Å². The summed E-state index contributed by atoms with van der Waals surface area (Å²) in [5.74, 6) is -1.15. The third-order valence-corrected chi connectivity index (χ3v) is 2.09. The molecule has 1 aromatic heterocycles. The minimum absolute atomic E-state index is 0.0472. The SMILES string of the molecule is Nc1cnc(OCc2cccc(F)c2)c(F)c1. The first-order valence-electron chi connectivity index (χ1n) is 4.93. The summed E-state index contributed by atoms with van der Waals surface area (Å²) >= 11 is 0. The lowest BCUT2D eigenvalue weighted by molar-refractivity contribution is 0.277. The van der Waals surface area contributed by atoms with Crippen molar-refractivity contribution in [2.45, 2.75) is 6.61 Å². The third kappa shape index (κ3) is 2.90. The summed E-state index contributed by atoms with van der Waals surface area (Å²) in [4.78, 5) is 3.70. The standard InChI is InChI=1S/C12H10F2N2O/c13-9-3-1-2-8(4-9)7-17-12-11(14)5-10(15)6-16-12/h1-6H,7,15H2. The molecule has 88 valence electrons. The van der Waals surface area contributed by atoms with Crippen molar-refractivity contribution in [3.05, 3.63) is 53.7 Å². The molecule has 2 aromatic rings. The van der Waals surface area contributed by atoms with Crippen molar-refractivity contribution < 1.29 is 13.5 Å². The van der Waals surface area contributed by atoms with Crippen molar-refractivity contribution in [3.8, 4) is 5.88 Å². The Bertz CT molecular complexity index is 532. The van der Waals surface area contributed by atoms with Crippen molar-refractivity contribution in [2.24, 2.45) is 0 Å². The van der Waals surface area contributed by atoms with Crippen LogP contribution in [0.5, 0.6) is 5.88 Å². The van der Waals surface area contributed by atoms with E-state index in [1.165, 1.54) is 18.3 Å². The number of halogens is 2. The van der Waals surface area contributed by atoms with Crippen LogP contribution in [0.1, 0.15) is 5.56 Å². The summed E-state index contributed by atoms with van der Waals surface area (Å²) in [6, 6.07) is 6.99. The minimum atomic E-state index is -0.638. The molecule has 0 aliphatic carbocycles. The molecule has 0 unspecified atom stereocenters. The topological polar surface area (TPSA) is 48.1 Å². The quantitative estimate of drug-likeness (QED) is 0.890. The molecule has 2 N–H and O–H groups in total. The van der Waals surface area contributed by atoms with Gasteiger partial charge in [-0.15, -0.1) is 0 Å². The van der Waals surface area contributed by atoms with Crippen molar-refractivity contribution in [1.82, 2.24) is 4.98 Å². The smallest absolute Gasteiger partial charge is 0.250 e. The molecule has 17 heavy (non-hydrogen) atoms. The molecular formula is C12H10F2N2O. The van der Waals surface area contributed by atoms with Crippen LogP contribution in [0.25, 0.3) is 0 Å². The highest BCUT2D eigenvalue weighted by Crippen LogP contribution is 2.17. The summed E-state index contributed by atoms with van der Waals surface area (Å²) in [7, 11) is 0. The van der Waals surface area contributed by atoms with Crippen LogP contribution >= 0.6 is 0 Å². The summed E-state index contributed by atoms with van der Waals surface area (Å²) in [6.07, 6.45) is 1.30. The maximum absolute atomic E-state index is 13.3. The van der Waals surface area contributed by atoms with Gasteiger partial charge in [-0.25, -0.2) is 13.8 Å². The highest BCUT2D eigenvalue weighted by molar-refractivity contribution is 5.37. The molecule has 1 heterocycles. The number of nitrogen functional groups attached to an aromatic ring is 1. The fourth-order valence-electron chi connectivity index (χ4n) is 1.32. The minimum Gasteiger partial charge on any atom is -0.471 e. The van der Waals surface area contributed by atoms with E-state index in [1.54, 1.807) is 12.1 Å². The Morgan fingerprint density at radius 2 is 2.06 bits per heavy atom. The predicted octanol–water partition coefficient (Wildman–Crippen LogP) is 2.52. The number of pyridine rings is 1. The van der Waals surface area contributed by atoms with Crippen LogP contribution in [0.2, 0.25) is 0 Å². The average Bonchev–Trinajstić information content (AvgIpc) is 2.28. The number of benzene rings is 1. The van der Waals surface area contributed by atoms with Gasteiger partial charge in [0.15, 0.2) is 5.82 Å². The summed E-state index contributed by atoms with van der Waals surface area (Å²) in [5, 5.41) is 0. The second-order valence-electron chi connectivity index (χ2n) is 3.47. The average molecular weight is 236 g/mol. The number of hydrogen-bond acceptors (Lipinski definition) is 3. The maximum atomic E-state index is 13.3. The molecule has 0 amide bonds. The van der Waals surface area contributed by atoms with Crippen LogP contribution < -0.4 is 10.5 Å². The van der Waals surface area contributed by atoms with Crippen molar-refractivity contribution in [1.29, 1.82) is 0 Å². The first kappa shape index (κ1) is 11.3. The van der Waals surface area contributed by atoms with Gasteiger partial charge in [0.25, 0.3) is 5.88 Å². The lowest BCUT2D eigenvalue weighted by atomic mass is 10.2. The summed E-state index contributed by atoms with van der Waals surface area (Å²) in [6.45, 7) is 0.0472. The molecule has 5 heteroatoms. The van der Waals surface area contributed by atoms with E-state index in [4.69, 9.17) is 10.5 Å². The Labute approximate surface area is 96.9 Å². The molecule has 0 spiro atoms. The Morgan fingerprint density at radius 3 is 2.76 bits per heavy atom. The first-order valence-corrected chi connectivity index (χ1v) is 4.93. The Morgan fingerprint density at radius 1 is 1.24 bits per heavy atom. The normalized spacial score (nSPS) is 10.2. The zero-order valence-electron chi connectivity index (χ0n) is 8.86. The molecule has 0 fully saturated rings. The van der Waals surface area contributed by atoms with Crippen LogP contribution in [0.3, 0.4) is 0 Å². The molecule has 1 aromatic carbocycles. The molecule has 0 atom stereocenters. The van der Waals surface area contributed by atoms with E-state index < -0.39 is 5.82 Å². The van der Waals surface area contributed by atoms with Gasteiger partial charge in [-0.05, 0) is 17.7 Å². The van der Waals surface area contributed by atoms with Crippen molar-refractivity contribution in [2.75, 3.05) is 5.73 Å². The molecule has 0 radical (unpaired) electrons. The van der Waals surface area contributed by atoms with Crippen LogP contribution in [0.15, 0.2) is 36.5 Å². The third-order valence-electron chi connectivity index (χ3n) is 2.09. The molecular weight excluding hydrogens is 226 g/mol. The number of ether oxygens (including phenoxy) is 1. The molecule has 0 aliphatic heterocycles. The summed E-state index contributed by atoms with van der Waals surface area (Å²) in [5.41, 5.74) is 6.17. The van der Waals surface area contributed by atoms with Gasteiger partial charge in [-0.3, -0.25) is 0 Å². The van der Waals surface area contributed by atoms with E-state index >= 15 is 0 Å². The highest BCUT2D eigenvalue weighted by Gasteiger charge is 2.05. The van der Waals surface area contributed by atoms with Gasteiger partial charge in [-0.2, -0.15) is 0 Å². The maximum Gasteiger partial charge on any atom is 0.250 e. The van der Waals surface area contributed by atoms with E-state index in [0.717, 1.165) is 6.07 Å². The molecule has 0 bridgehead atoms. The molecule has 0 saturated carbocycles. The number of rotatable bonds is 3. The first-order chi connectivity index (χ1) is 8.15. The largest absolute Gasteiger partial charge is 0.471 e. The monoisotopic (exact) mass is 236 g/mol. The van der Waals surface area contributed by atoms with Gasteiger partial charge in [0.1, 0.15) is 12.4 Å². The number of nitrogens with two attached hydrogens (primary N) is 1. The van der Waals surface area contributed by atoms with Gasteiger partial charge >= 0.3 is 0 Å². The van der Waals surface area contributed by atoms with Crippen LogP contribution in [0.4, 0.5) is 14.5 Å². The molecule has 0 aliphatic rings. The second kappa shape index (κ2) is 4.78. The molecule has 0 saturated heterocycles. The fourth-order valence-corrected chi connectivity index (χ4v) is 1.32. The van der Waals surface area contributed by atoms with E-state index in [-0.39, 0.29) is 24.0 Å². The number of nitrogens with zero attached hydrogens (tertiary/aromatic N) is 1. The summed E-state index contributed by atoms with van der Waals surface area (Å²) < 4.78 is 31.3. The Balaban J connectivity index is 2.07. The van der Waals surface area contributed by atoms with E-state index in [9.17, 15) is 8.78 Å². The van der Waals surface area contributed by atoms with E-state index in [2.05, 4.69) is 4.98 Å². The number of hydrogen-bond donors (Lipinski definition) is 1. The van der Waals surface area contributed by atoms with Gasteiger partial charge < -0.3 is 10.5 Å². The van der Waals surface area contributed by atoms with E-state index in [0.29, 0.717) is 5.56 Å². The Kier molecular flexibility index (Phi) is 3.18. The van der Waals surface area contributed by atoms with E-state index in [1.807, 2.05) is 0 Å². The Hall–Kier alpha value is -2.17. The lowest BCUT2D eigenvalue weighted by Crippen LogP contribution is -2.00. The van der Waals surface area contributed by atoms with Crippen LogP contribution in [-0.2, 0) is 6.61 Å². The molecule has 2 rings (SSSR count). The van der Waals surface area contributed by atoms with Gasteiger partial charge in [0.2, 0.25) is 0 Å². The predicted molar refractivity (Wildman–Crippen MR) is 59.3 cm³/mol. The van der Waals surface area contributed by atoms with Crippen LogP contribution in [-0.4, -0.2) is 4.98 Å². The zero-order valence-corrected chi connectivity index (χ0v) is 8.86. The van der Waals surface area contributed by atoms with Gasteiger partial charge in [0, 0.05) is 6.07 Å². The fraction of sp³-hybridized carbons (Fsp3) is 0.0833. The number of aromatic nitrogens is 1. The lowest BCUT2D eigenvalue weighted by Gasteiger charge is -2.06.